The largest absolute Gasteiger partial charge is 0.496 e. The number of ether oxygens (including phenoxy) is 1. The van der Waals surface area contributed by atoms with E-state index in [1.54, 1.807) is 35.1 Å². The van der Waals surface area contributed by atoms with Crippen molar-refractivity contribution >= 4 is 23.1 Å². The van der Waals surface area contributed by atoms with Crippen LogP contribution in [0.2, 0.25) is 0 Å². The number of benzene rings is 2. The van der Waals surface area contributed by atoms with Crippen molar-refractivity contribution in [2.75, 3.05) is 12.4 Å². The number of carbonyl (C=O) groups is 1. The van der Waals surface area contributed by atoms with Gasteiger partial charge in [0.2, 0.25) is 0 Å². The molecule has 0 unspecified atom stereocenters. The van der Waals surface area contributed by atoms with E-state index >= 15 is 0 Å². The zero-order valence-electron chi connectivity index (χ0n) is 15.2. The molecule has 8 heteroatoms. The normalized spacial score (nSPS) is 10.6. The number of fused-ring (bicyclic) bond motifs is 1. The second kappa shape index (κ2) is 7.75. The third-order valence-electron chi connectivity index (χ3n) is 4.20. The molecule has 28 heavy (non-hydrogen) atoms. The Morgan fingerprint density at radius 1 is 1.14 bits per heavy atom. The first-order valence-corrected chi connectivity index (χ1v) is 8.66. The van der Waals surface area contributed by atoms with Crippen LogP contribution in [0, 0.1) is 0 Å². The molecule has 2 aromatic heterocycles. The number of anilines is 2. The Kier molecular flexibility index (Phi) is 4.83. The standard InChI is InChI=1S/C20H18N6O2/c1-28-17-11-15(25-18-19-23-13-24-26(19)10-9-21-18)7-8-16(17)20(27)22-12-14-5-3-2-4-6-14/h2-11,13H,12H2,1H3,(H,21,25)(H,22,27). The summed E-state index contributed by atoms with van der Waals surface area (Å²) in [6, 6.07) is 15.0. The van der Waals surface area contributed by atoms with E-state index in [9.17, 15) is 4.79 Å². The highest BCUT2D eigenvalue weighted by Crippen LogP contribution is 2.26. The van der Waals surface area contributed by atoms with E-state index in [1.165, 1.54) is 13.4 Å². The molecular formula is C20H18N6O2. The minimum atomic E-state index is -0.204. The van der Waals surface area contributed by atoms with Crippen molar-refractivity contribution < 1.29 is 9.53 Å². The highest BCUT2D eigenvalue weighted by molar-refractivity contribution is 5.97. The molecule has 0 saturated carbocycles. The Bertz CT molecular complexity index is 1110. The summed E-state index contributed by atoms with van der Waals surface area (Å²) in [4.78, 5) is 21.0. The number of aromatic nitrogens is 4. The van der Waals surface area contributed by atoms with Crippen LogP contribution in [0.4, 0.5) is 11.5 Å². The number of amides is 1. The lowest BCUT2D eigenvalue weighted by Gasteiger charge is -2.12. The lowest BCUT2D eigenvalue weighted by molar-refractivity contribution is 0.0948. The van der Waals surface area contributed by atoms with Crippen LogP contribution in [-0.2, 0) is 6.54 Å². The van der Waals surface area contributed by atoms with Crippen molar-refractivity contribution in [1.82, 2.24) is 24.9 Å². The molecule has 0 aliphatic rings. The fourth-order valence-electron chi connectivity index (χ4n) is 2.81. The molecule has 0 aliphatic carbocycles. The highest BCUT2D eigenvalue weighted by Gasteiger charge is 2.14. The minimum Gasteiger partial charge on any atom is -0.496 e. The van der Waals surface area contributed by atoms with Crippen molar-refractivity contribution in [3.8, 4) is 5.75 Å². The molecule has 4 rings (SSSR count). The average Bonchev–Trinajstić information content (AvgIpc) is 3.22. The molecule has 2 aromatic carbocycles. The Balaban J connectivity index is 1.52. The zero-order valence-corrected chi connectivity index (χ0v) is 15.2. The summed E-state index contributed by atoms with van der Waals surface area (Å²) in [7, 11) is 1.53. The second-order valence-electron chi connectivity index (χ2n) is 6.01. The van der Waals surface area contributed by atoms with Gasteiger partial charge in [-0.05, 0) is 17.7 Å². The molecule has 0 spiro atoms. The quantitative estimate of drug-likeness (QED) is 0.539. The second-order valence-corrected chi connectivity index (χ2v) is 6.01. The van der Waals surface area contributed by atoms with E-state index in [1.807, 2.05) is 30.3 Å². The lowest BCUT2D eigenvalue weighted by atomic mass is 10.1. The highest BCUT2D eigenvalue weighted by atomic mass is 16.5. The predicted molar refractivity (Wildman–Crippen MR) is 105 cm³/mol. The smallest absolute Gasteiger partial charge is 0.255 e. The molecule has 4 aromatic rings. The van der Waals surface area contributed by atoms with Crippen LogP contribution in [-0.4, -0.2) is 32.6 Å². The SMILES string of the molecule is COc1cc(Nc2nccn3ncnc23)ccc1C(=O)NCc1ccccc1. The van der Waals surface area contributed by atoms with E-state index in [4.69, 9.17) is 4.74 Å². The minimum absolute atomic E-state index is 0.204. The van der Waals surface area contributed by atoms with Crippen molar-refractivity contribution in [1.29, 1.82) is 0 Å². The number of nitrogens with one attached hydrogen (secondary N) is 2. The lowest BCUT2D eigenvalue weighted by Crippen LogP contribution is -2.23. The summed E-state index contributed by atoms with van der Waals surface area (Å²) < 4.78 is 7.04. The van der Waals surface area contributed by atoms with Crippen LogP contribution in [0.1, 0.15) is 15.9 Å². The van der Waals surface area contributed by atoms with Crippen LogP contribution in [0.5, 0.6) is 5.75 Å². The summed E-state index contributed by atoms with van der Waals surface area (Å²) in [5, 5.41) is 10.2. The van der Waals surface area contributed by atoms with Gasteiger partial charge in [0.25, 0.3) is 5.91 Å². The van der Waals surface area contributed by atoms with Gasteiger partial charge >= 0.3 is 0 Å². The van der Waals surface area contributed by atoms with Gasteiger partial charge in [0, 0.05) is 30.7 Å². The average molecular weight is 374 g/mol. The van der Waals surface area contributed by atoms with Gasteiger partial charge in [-0.1, -0.05) is 30.3 Å². The Morgan fingerprint density at radius 3 is 2.82 bits per heavy atom. The summed E-state index contributed by atoms with van der Waals surface area (Å²) in [6.07, 6.45) is 4.81. The Hall–Kier alpha value is -3.94. The first-order valence-electron chi connectivity index (χ1n) is 8.66. The van der Waals surface area contributed by atoms with E-state index in [0.29, 0.717) is 29.3 Å². The van der Waals surface area contributed by atoms with Gasteiger partial charge in [0.15, 0.2) is 11.5 Å². The molecule has 0 saturated heterocycles. The van der Waals surface area contributed by atoms with Crippen LogP contribution in [0.15, 0.2) is 67.3 Å². The van der Waals surface area contributed by atoms with E-state index in [0.717, 1.165) is 11.3 Å². The summed E-state index contributed by atoms with van der Waals surface area (Å²) in [5.41, 5.74) is 2.81. The molecule has 2 heterocycles. The van der Waals surface area contributed by atoms with Gasteiger partial charge in [0.05, 0.1) is 12.7 Å². The third kappa shape index (κ3) is 3.61. The zero-order chi connectivity index (χ0) is 19.3. The van der Waals surface area contributed by atoms with Crippen LogP contribution >= 0.6 is 0 Å². The molecule has 0 atom stereocenters. The maximum Gasteiger partial charge on any atom is 0.255 e. The fraction of sp³-hybridized carbons (Fsp3) is 0.100. The summed E-state index contributed by atoms with van der Waals surface area (Å²) in [5.74, 6) is 0.817. The van der Waals surface area contributed by atoms with E-state index in [-0.39, 0.29) is 5.91 Å². The Morgan fingerprint density at radius 2 is 2.00 bits per heavy atom. The number of nitrogens with zero attached hydrogens (tertiary/aromatic N) is 4. The van der Waals surface area contributed by atoms with Gasteiger partial charge in [0.1, 0.15) is 12.1 Å². The van der Waals surface area contributed by atoms with Crippen LogP contribution in [0.3, 0.4) is 0 Å². The van der Waals surface area contributed by atoms with Gasteiger partial charge in [-0.15, -0.1) is 0 Å². The number of methoxy groups -OCH3 is 1. The molecule has 0 radical (unpaired) electrons. The number of rotatable bonds is 6. The number of carbonyl (C=O) groups excluding carboxylic acids is 1. The van der Waals surface area contributed by atoms with Crippen molar-refractivity contribution in [2.24, 2.45) is 0 Å². The first kappa shape index (κ1) is 17.5. The molecule has 8 nitrogen and oxygen atoms in total. The van der Waals surface area contributed by atoms with Crippen molar-refractivity contribution in [3.05, 3.63) is 78.4 Å². The molecule has 2 N–H and O–H groups in total. The topological polar surface area (TPSA) is 93.4 Å². The summed E-state index contributed by atoms with van der Waals surface area (Å²) >= 11 is 0. The van der Waals surface area contributed by atoms with Gasteiger partial charge in [-0.3, -0.25) is 4.79 Å². The molecule has 1 amide bonds. The monoisotopic (exact) mass is 374 g/mol. The molecular weight excluding hydrogens is 356 g/mol. The third-order valence-corrected chi connectivity index (χ3v) is 4.20. The first-order chi connectivity index (χ1) is 13.7. The van der Waals surface area contributed by atoms with Gasteiger partial charge in [-0.25, -0.2) is 14.5 Å². The van der Waals surface area contributed by atoms with Gasteiger partial charge < -0.3 is 15.4 Å². The fourth-order valence-corrected chi connectivity index (χ4v) is 2.81. The number of hydrogen-bond acceptors (Lipinski definition) is 6. The van der Waals surface area contributed by atoms with E-state index < -0.39 is 0 Å². The maximum absolute atomic E-state index is 12.6. The van der Waals surface area contributed by atoms with E-state index in [2.05, 4.69) is 25.7 Å². The van der Waals surface area contributed by atoms with Crippen molar-refractivity contribution in [3.63, 3.8) is 0 Å². The van der Waals surface area contributed by atoms with Crippen molar-refractivity contribution in [2.45, 2.75) is 6.54 Å². The molecule has 0 bridgehead atoms. The molecule has 0 fully saturated rings. The Labute approximate surface area is 161 Å². The van der Waals surface area contributed by atoms with Gasteiger partial charge in [-0.2, -0.15) is 5.10 Å². The molecule has 140 valence electrons. The van der Waals surface area contributed by atoms with Crippen LogP contribution < -0.4 is 15.4 Å². The van der Waals surface area contributed by atoms with Crippen LogP contribution in [0.25, 0.3) is 5.65 Å². The molecule has 0 aliphatic heterocycles. The maximum atomic E-state index is 12.6. The predicted octanol–water partition coefficient (Wildman–Crippen LogP) is 2.81. The summed E-state index contributed by atoms with van der Waals surface area (Å²) in [6.45, 7) is 0.446. The number of hydrogen-bond donors (Lipinski definition) is 2.